The van der Waals surface area contributed by atoms with Crippen LogP contribution in [0, 0.1) is 6.92 Å². The molecule has 1 aliphatic rings. The Balaban J connectivity index is 2.07. The van der Waals surface area contributed by atoms with Gasteiger partial charge in [-0.2, -0.15) is 0 Å². The fraction of sp³-hybridized carbons (Fsp3) is 0.400. The summed E-state index contributed by atoms with van der Waals surface area (Å²) >= 11 is 0. The van der Waals surface area contributed by atoms with Gasteiger partial charge in [-0.05, 0) is 43.7 Å². The summed E-state index contributed by atoms with van der Waals surface area (Å²) in [5, 5.41) is 2.57. The third kappa shape index (κ3) is 1.78. The molecule has 2 nitrogen and oxygen atoms in total. The molecule has 88 valence electrons. The second-order valence-electron chi connectivity index (χ2n) is 5.02. The van der Waals surface area contributed by atoms with Crippen LogP contribution in [-0.4, -0.2) is 17.6 Å². The SMILES string of the molecule is Cc1cccc2cc(N3CCC[C@H]3C)ncc12. The molecule has 2 heteroatoms. The van der Waals surface area contributed by atoms with Gasteiger partial charge in [-0.1, -0.05) is 18.2 Å². The molecular weight excluding hydrogens is 208 g/mol. The quantitative estimate of drug-likeness (QED) is 0.739. The minimum atomic E-state index is 0.629. The largest absolute Gasteiger partial charge is 0.354 e. The van der Waals surface area contributed by atoms with Crippen LogP contribution in [-0.2, 0) is 0 Å². The minimum Gasteiger partial charge on any atom is -0.354 e. The van der Waals surface area contributed by atoms with Crippen molar-refractivity contribution < 1.29 is 0 Å². The molecule has 1 saturated heterocycles. The molecule has 1 aromatic heterocycles. The van der Waals surface area contributed by atoms with Crippen LogP contribution in [0.1, 0.15) is 25.3 Å². The van der Waals surface area contributed by atoms with Crippen molar-refractivity contribution >= 4 is 16.6 Å². The van der Waals surface area contributed by atoms with Gasteiger partial charge in [0.15, 0.2) is 0 Å². The summed E-state index contributed by atoms with van der Waals surface area (Å²) in [6, 6.07) is 9.29. The molecule has 0 aliphatic carbocycles. The maximum absolute atomic E-state index is 4.63. The zero-order valence-electron chi connectivity index (χ0n) is 10.5. The summed E-state index contributed by atoms with van der Waals surface area (Å²) in [4.78, 5) is 7.04. The molecule has 1 fully saturated rings. The van der Waals surface area contributed by atoms with E-state index in [1.807, 2.05) is 6.20 Å². The first kappa shape index (κ1) is 10.6. The highest BCUT2D eigenvalue weighted by Gasteiger charge is 2.21. The number of pyridine rings is 1. The van der Waals surface area contributed by atoms with Crippen molar-refractivity contribution in [3.05, 3.63) is 36.0 Å². The zero-order valence-corrected chi connectivity index (χ0v) is 10.5. The van der Waals surface area contributed by atoms with E-state index in [4.69, 9.17) is 0 Å². The lowest BCUT2D eigenvalue weighted by Gasteiger charge is -2.22. The van der Waals surface area contributed by atoms with Gasteiger partial charge < -0.3 is 4.90 Å². The standard InChI is InChI=1S/C15H18N2/c1-11-5-3-7-13-9-15(16-10-14(11)13)17-8-4-6-12(17)2/h3,5,7,9-10,12H,4,6,8H2,1-2H3/t12-/m1/s1. The van der Waals surface area contributed by atoms with Crippen molar-refractivity contribution in [2.24, 2.45) is 0 Å². The van der Waals surface area contributed by atoms with Gasteiger partial charge in [0.05, 0.1) is 0 Å². The van der Waals surface area contributed by atoms with Crippen LogP contribution in [0.5, 0.6) is 0 Å². The first-order valence-electron chi connectivity index (χ1n) is 6.38. The Morgan fingerprint density at radius 2 is 2.24 bits per heavy atom. The average molecular weight is 226 g/mol. The second-order valence-corrected chi connectivity index (χ2v) is 5.02. The van der Waals surface area contributed by atoms with Crippen molar-refractivity contribution in [2.45, 2.75) is 32.7 Å². The summed E-state index contributed by atoms with van der Waals surface area (Å²) in [6.07, 6.45) is 4.59. The van der Waals surface area contributed by atoms with E-state index in [1.165, 1.54) is 29.2 Å². The van der Waals surface area contributed by atoms with Gasteiger partial charge in [0.2, 0.25) is 0 Å². The molecular formula is C15H18N2. The van der Waals surface area contributed by atoms with Gasteiger partial charge in [-0.15, -0.1) is 0 Å². The second kappa shape index (κ2) is 4.02. The van der Waals surface area contributed by atoms with E-state index in [0.717, 1.165) is 12.4 Å². The van der Waals surface area contributed by atoms with Crippen LogP contribution in [0.15, 0.2) is 30.5 Å². The van der Waals surface area contributed by atoms with E-state index in [9.17, 15) is 0 Å². The number of aryl methyl sites for hydroxylation is 1. The zero-order chi connectivity index (χ0) is 11.8. The number of anilines is 1. The maximum Gasteiger partial charge on any atom is 0.129 e. The highest BCUT2D eigenvalue weighted by molar-refractivity contribution is 5.86. The first-order valence-corrected chi connectivity index (χ1v) is 6.38. The van der Waals surface area contributed by atoms with Crippen molar-refractivity contribution in [2.75, 3.05) is 11.4 Å². The van der Waals surface area contributed by atoms with E-state index >= 15 is 0 Å². The van der Waals surface area contributed by atoms with Crippen LogP contribution in [0.2, 0.25) is 0 Å². The summed E-state index contributed by atoms with van der Waals surface area (Å²) in [5.74, 6) is 1.13. The Kier molecular flexibility index (Phi) is 2.50. The molecule has 0 unspecified atom stereocenters. The minimum absolute atomic E-state index is 0.629. The van der Waals surface area contributed by atoms with Crippen LogP contribution < -0.4 is 4.90 Å². The average Bonchev–Trinajstić information content (AvgIpc) is 2.75. The van der Waals surface area contributed by atoms with Gasteiger partial charge in [0, 0.05) is 24.2 Å². The summed E-state index contributed by atoms with van der Waals surface area (Å²) in [6.45, 7) is 5.57. The van der Waals surface area contributed by atoms with Crippen LogP contribution >= 0.6 is 0 Å². The van der Waals surface area contributed by atoms with Gasteiger partial charge >= 0.3 is 0 Å². The molecule has 2 heterocycles. The number of nitrogens with zero attached hydrogens (tertiary/aromatic N) is 2. The first-order chi connectivity index (χ1) is 8.25. The smallest absolute Gasteiger partial charge is 0.129 e. The lowest BCUT2D eigenvalue weighted by Crippen LogP contribution is -2.26. The van der Waals surface area contributed by atoms with Crippen molar-refractivity contribution in [1.29, 1.82) is 0 Å². The van der Waals surface area contributed by atoms with Gasteiger partial charge in [0.1, 0.15) is 5.82 Å². The molecule has 0 N–H and O–H groups in total. The molecule has 1 aliphatic heterocycles. The molecule has 0 radical (unpaired) electrons. The Morgan fingerprint density at radius 1 is 1.35 bits per heavy atom. The normalized spacial score (nSPS) is 20.1. The lowest BCUT2D eigenvalue weighted by atomic mass is 10.1. The number of benzene rings is 1. The topological polar surface area (TPSA) is 16.1 Å². The molecule has 0 amide bonds. The molecule has 17 heavy (non-hydrogen) atoms. The number of hydrogen-bond acceptors (Lipinski definition) is 2. The fourth-order valence-corrected chi connectivity index (χ4v) is 2.74. The van der Waals surface area contributed by atoms with E-state index in [1.54, 1.807) is 0 Å². The van der Waals surface area contributed by atoms with Gasteiger partial charge in [0.25, 0.3) is 0 Å². The highest BCUT2D eigenvalue weighted by Crippen LogP contribution is 2.27. The van der Waals surface area contributed by atoms with Crippen molar-refractivity contribution in [1.82, 2.24) is 4.98 Å². The predicted octanol–water partition coefficient (Wildman–Crippen LogP) is 3.53. The molecule has 1 atom stereocenters. The molecule has 0 bridgehead atoms. The van der Waals surface area contributed by atoms with E-state index in [0.29, 0.717) is 6.04 Å². The number of aromatic nitrogens is 1. The summed E-state index contributed by atoms with van der Waals surface area (Å²) in [7, 11) is 0. The summed E-state index contributed by atoms with van der Waals surface area (Å²) in [5.41, 5.74) is 1.30. The van der Waals surface area contributed by atoms with Crippen molar-refractivity contribution in [3.8, 4) is 0 Å². The van der Waals surface area contributed by atoms with Crippen molar-refractivity contribution in [3.63, 3.8) is 0 Å². The van der Waals surface area contributed by atoms with Crippen LogP contribution in [0.25, 0.3) is 10.8 Å². The Hall–Kier alpha value is -1.57. The molecule has 3 rings (SSSR count). The van der Waals surface area contributed by atoms with Crippen LogP contribution in [0.4, 0.5) is 5.82 Å². The third-order valence-corrected chi connectivity index (χ3v) is 3.82. The monoisotopic (exact) mass is 226 g/mol. The Morgan fingerprint density at radius 3 is 3.00 bits per heavy atom. The van der Waals surface area contributed by atoms with E-state index in [-0.39, 0.29) is 0 Å². The predicted molar refractivity (Wildman–Crippen MR) is 72.5 cm³/mol. The van der Waals surface area contributed by atoms with Crippen LogP contribution in [0.3, 0.4) is 0 Å². The number of rotatable bonds is 1. The maximum atomic E-state index is 4.63. The fourth-order valence-electron chi connectivity index (χ4n) is 2.74. The number of fused-ring (bicyclic) bond motifs is 1. The summed E-state index contributed by atoms with van der Waals surface area (Å²) < 4.78 is 0. The van der Waals surface area contributed by atoms with Gasteiger partial charge in [-0.25, -0.2) is 4.98 Å². The third-order valence-electron chi connectivity index (χ3n) is 3.82. The Labute approximate surface area is 102 Å². The lowest BCUT2D eigenvalue weighted by molar-refractivity contribution is 0.728. The molecule has 1 aromatic carbocycles. The molecule has 2 aromatic rings. The Bertz CT molecular complexity index is 548. The number of hydrogen-bond donors (Lipinski definition) is 0. The van der Waals surface area contributed by atoms with E-state index in [2.05, 4.69) is 48.0 Å². The highest BCUT2D eigenvalue weighted by atomic mass is 15.2. The van der Waals surface area contributed by atoms with E-state index < -0.39 is 0 Å². The molecule has 0 saturated carbocycles. The molecule has 0 spiro atoms. The van der Waals surface area contributed by atoms with Gasteiger partial charge in [-0.3, -0.25) is 0 Å².